The lowest BCUT2D eigenvalue weighted by Crippen LogP contribution is -2.31. The predicted octanol–water partition coefficient (Wildman–Crippen LogP) is 7.00. The molecule has 0 spiro atoms. The molecular formula is C29H36N3+. The maximum atomic E-state index is 5.04. The van der Waals surface area contributed by atoms with Crippen molar-refractivity contribution >= 4 is 11.0 Å². The Hall–Kier alpha value is -2.94. The molecule has 2 aromatic heterocycles. The highest BCUT2D eigenvalue weighted by atomic mass is 15.1. The van der Waals surface area contributed by atoms with Gasteiger partial charge in [0.1, 0.15) is 23.9 Å². The van der Waals surface area contributed by atoms with Gasteiger partial charge in [-0.1, -0.05) is 57.5 Å². The standard InChI is InChI=1S/C29H36N3/c1-17(2)23-11-10-12-24(18(3)4)27(23)32-22(8)30-26-13-14-31(9)28(29(26)32)25-16-19(5)15-20(6)21(25)7/h10-18H,1-9H3/q+1. The molecule has 0 amide bonds. The smallest absolute Gasteiger partial charge is 0.239 e. The van der Waals surface area contributed by atoms with Crippen molar-refractivity contribution in [2.45, 2.75) is 67.2 Å². The largest absolute Gasteiger partial charge is 0.290 e. The van der Waals surface area contributed by atoms with E-state index in [1.54, 1.807) is 0 Å². The highest BCUT2D eigenvalue weighted by molar-refractivity contribution is 5.91. The van der Waals surface area contributed by atoms with Crippen LogP contribution in [-0.4, -0.2) is 9.55 Å². The van der Waals surface area contributed by atoms with E-state index < -0.39 is 0 Å². The van der Waals surface area contributed by atoms with Crippen LogP contribution in [0.3, 0.4) is 0 Å². The number of para-hydroxylation sites is 1. The first-order valence-corrected chi connectivity index (χ1v) is 11.7. The highest BCUT2D eigenvalue weighted by Gasteiger charge is 2.27. The van der Waals surface area contributed by atoms with E-state index >= 15 is 0 Å². The zero-order valence-electron chi connectivity index (χ0n) is 21.0. The molecule has 3 heteroatoms. The summed E-state index contributed by atoms with van der Waals surface area (Å²) < 4.78 is 4.68. The van der Waals surface area contributed by atoms with Gasteiger partial charge in [0.25, 0.3) is 0 Å². The third-order valence-corrected chi connectivity index (χ3v) is 6.74. The first-order valence-electron chi connectivity index (χ1n) is 11.7. The molecule has 0 saturated heterocycles. The van der Waals surface area contributed by atoms with Gasteiger partial charge in [0.15, 0.2) is 6.20 Å². The fraction of sp³-hybridized carbons (Fsp3) is 0.379. The molecule has 32 heavy (non-hydrogen) atoms. The molecule has 0 N–H and O–H groups in total. The number of hydrogen-bond donors (Lipinski definition) is 0. The van der Waals surface area contributed by atoms with E-state index in [2.05, 4.69) is 114 Å². The fourth-order valence-corrected chi connectivity index (χ4v) is 4.97. The van der Waals surface area contributed by atoms with Crippen molar-refractivity contribution in [2.24, 2.45) is 7.05 Å². The van der Waals surface area contributed by atoms with Crippen LogP contribution in [0.25, 0.3) is 28.0 Å². The number of hydrogen-bond acceptors (Lipinski definition) is 1. The number of aromatic nitrogens is 3. The van der Waals surface area contributed by atoms with Crippen LogP contribution in [0.1, 0.15) is 73.2 Å². The van der Waals surface area contributed by atoms with Crippen LogP contribution < -0.4 is 4.57 Å². The lowest BCUT2D eigenvalue weighted by molar-refractivity contribution is -0.659. The van der Waals surface area contributed by atoms with Gasteiger partial charge in [0, 0.05) is 6.07 Å². The quantitative estimate of drug-likeness (QED) is 0.322. The van der Waals surface area contributed by atoms with E-state index in [1.807, 2.05) is 0 Å². The summed E-state index contributed by atoms with van der Waals surface area (Å²) in [6.45, 7) is 17.9. The average Bonchev–Trinajstić information content (AvgIpc) is 3.05. The van der Waals surface area contributed by atoms with Gasteiger partial charge in [-0.3, -0.25) is 4.57 Å². The highest BCUT2D eigenvalue weighted by Crippen LogP contribution is 2.37. The van der Waals surface area contributed by atoms with E-state index in [0.717, 1.165) is 11.3 Å². The van der Waals surface area contributed by atoms with Crippen molar-refractivity contribution in [3.05, 3.63) is 76.2 Å². The van der Waals surface area contributed by atoms with Crippen molar-refractivity contribution in [3.8, 4) is 16.9 Å². The number of benzene rings is 2. The summed E-state index contributed by atoms with van der Waals surface area (Å²) in [5, 5.41) is 0. The van der Waals surface area contributed by atoms with Crippen molar-refractivity contribution < 1.29 is 4.57 Å². The molecule has 4 rings (SSSR count). The Bertz CT molecular complexity index is 1300. The molecule has 0 bridgehead atoms. The Morgan fingerprint density at radius 2 is 1.50 bits per heavy atom. The maximum absolute atomic E-state index is 5.04. The second-order valence-electron chi connectivity index (χ2n) is 9.85. The van der Waals surface area contributed by atoms with E-state index in [0.29, 0.717) is 11.8 Å². The molecule has 166 valence electrons. The van der Waals surface area contributed by atoms with Gasteiger partial charge in [0.05, 0.1) is 11.3 Å². The van der Waals surface area contributed by atoms with Crippen LogP contribution in [-0.2, 0) is 7.05 Å². The molecule has 2 heterocycles. The van der Waals surface area contributed by atoms with E-state index in [-0.39, 0.29) is 0 Å². The van der Waals surface area contributed by atoms with Crippen LogP contribution in [0.15, 0.2) is 42.6 Å². The molecule has 2 aromatic carbocycles. The Morgan fingerprint density at radius 1 is 0.875 bits per heavy atom. The first-order chi connectivity index (χ1) is 15.1. The Labute approximate surface area is 192 Å². The molecule has 0 radical (unpaired) electrons. The van der Waals surface area contributed by atoms with Crippen LogP contribution in [0, 0.1) is 27.7 Å². The minimum Gasteiger partial charge on any atom is -0.290 e. The SMILES string of the molecule is Cc1cc(C)c(C)c(-c2c3c(cc[n+]2C)nc(C)n3-c2c(C(C)C)cccc2C(C)C)c1. The van der Waals surface area contributed by atoms with Crippen molar-refractivity contribution in [1.82, 2.24) is 9.55 Å². The first kappa shape index (κ1) is 22.3. The number of imidazole rings is 1. The second-order valence-corrected chi connectivity index (χ2v) is 9.85. The van der Waals surface area contributed by atoms with Crippen molar-refractivity contribution in [2.75, 3.05) is 0 Å². The summed E-state index contributed by atoms with van der Waals surface area (Å²) in [5.41, 5.74) is 12.7. The van der Waals surface area contributed by atoms with Crippen molar-refractivity contribution in [1.29, 1.82) is 0 Å². The Balaban J connectivity index is 2.21. The number of rotatable bonds is 4. The van der Waals surface area contributed by atoms with Crippen LogP contribution in [0.5, 0.6) is 0 Å². The predicted molar refractivity (Wildman–Crippen MR) is 135 cm³/mol. The molecule has 0 fully saturated rings. The number of fused-ring (bicyclic) bond motifs is 1. The lowest BCUT2D eigenvalue weighted by atomic mass is 9.92. The fourth-order valence-electron chi connectivity index (χ4n) is 4.97. The molecule has 0 aliphatic rings. The molecule has 0 unspecified atom stereocenters. The van der Waals surface area contributed by atoms with E-state index in [4.69, 9.17) is 4.98 Å². The van der Waals surface area contributed by atoms with Gasteiger partial charge in [-0.05, 0) is 67.9 Å². The van der Waals surface area contributed by atoms with E-state index in [9.17, 15) is 0 Å². The lowest BCUT2D eigenvalue weighted by Gasteiger charge is -2.22. The Morgan fingerprint density at radius 3 is 2.09 bits per heavy atom. The molecule has 0 aliphatic carbocycles. The second kappa shape index (κ2) is 8.20. The molecule has 0 aliphatic heterocycles. The maximum Gasteiger partial charge on any atom is 0.239 e. The molecule has 3 nitrogen and oxygen atoms in total. The van der Waals surface area contributed by atoms with Crippen LogP contribution in [0.4, 0.5) is 0 Å². The van der Waals surface area contributed by atoms with Crippen molar-refractivity contribution in [3.63, 3.8) is 0 Å². The molecule has 0 saturated carbocycles. The molecular weight excluding hydrogens is 390 g/mol. The molecule has 0 atom stereocenters. The number of pyridine rings is 1. The zero-order valence-corrected chi connectivity index (χ0v) is 21.0. The van der Waals surface area contributed by atoms with Gasteiger partial charge in [-0.15, -0.1) is 0 Å². The van der Waals surface area contributed by atoms with E-state index in [1.165, 1.54) is 50.3 Å². The minimum atomic E-state index is 0.421. The normalized spacial score (nSPS) is 11.8. The average molecular weight is 427 g/mol. The minimum absolute atomic E-state index is 0.421. The zero-order chi connectivity index (χ0) is 23.3. The third-order valence-electron chi connectivity index (χ3n) is 6.74. The summed E-state index contributed by atoms with van der Waals surface area (Å²) in [5.74, 6) is 1.87. The van der Waals surface area contributed by atoms with Gasteiger partial charge >= 0.3 is 0 Å². The summed E-state index contributed by atoms with van der Waals surface area (Å²) in [6.07, 6.45) is 2.14. The summed E-state index contributed by atoms with van der Waals surface area (Å²) >= 11 is 0. The van der Waals surface area contributed by atoms with Gasteiger partial charge < -0.3 is 0 Å². The Kier molecular flexibility index (Phi) is 5.70. The van der Waals surface area contributed by atoms with Crippen LogP contribution >= 0.6 is 0 Å². The van der Waals surface area contributed by atoms with Crippen LogP contribution in [0.2, 0.25) is 0 Å². The van der Waals surface area contributed by atoms with Gasteiger partial charge in [-0.25, -0.2) is 4.98 Å². The summed E-state index contributed by atoms with van der Waals surface area (Å²) in [7, 11) is 2.15. The third kappa shape index (κ3) is 3.54. The summed E-state index contributed by atoms with van der Waals surface area (Å²) in [6, 6.07) is 13.5. The monoisotopic (exact) mass is 426 g/mol. The van der Waals surface area contributed by atoms with Gasteiger partial charge in [0.2, 0.25) is 5.69 Å². The number of aryl methyl sites for hydroxylation is 4. The topological polar surface area (TPSA) is 21.7 Å². The molecule has 4 aromatic rings. The van der Waals surface area contributed by atoms with Gasteiger partial charge in [-0.2, -0.15) is 4.57 Å². The summed E-state index contributed by atoms with van der Waals surface area (Å²) in [4.78, 5) is 5.04. The number of nitrogens with zero attached hydrogens (tertiary/aromatic N) is 3.